The number of nitrogens with zero attached hydrogens (tertiary/aromatic N) is 3. The number of ether oxygens (including phenoxy) is 6. The number of methoxy groups -OCH3 is 6. The lowest BCUT2D eigenvalue weighted by molar-refractivity contribution is 0.0681. The van der Waals surface area contributed by atoms with Crippen molar-refractivity contribution in [2.45, 2.75) is 38.5 Å². The summed E-state index contributed by atoms with van der Waals surface area (Å²) in [6.07, 6.45) is 5.50. The van der Waals surface area contributed by atoms with Crippen LogP contribution in [0, 0.1) is 11.8 Å². The summed E-state index contributed by atoms with van der Waals surface area (Å²) >= 11 is 0. The molecule has 0 unspecified atom stereocenters. The molecule has 3 aromatic carbocycles. The predicted molar refractivity (Wildman–Crippen MR) is 279 cm³/mol. The number of aromatic carboxylic acids is 2. The second-order valence-corrected chi connectivity index (χ2v) is 19.3. The SMILES string of the molecule is COc1cc(C(=O)N2CCC(CCNS(N)(=O)=O)CC2)c(N(C)C)cc1OC.COc1cc(C(=O)O)c(N(C)C)cc1OC.COc1cc(N)c(C(=O)O)cc1OC.Cl.NS(=O)(=O)NCCC1CCNCC1. The van der Waals surface area contributed by atoms with Gasteiger partial charge in [-0.15, -0.1) is 12.4 Å². The van der Waals surface area contributed by atoms with Gasteiger partial charge in [0.15, 0.2) is 34.5 Å². The van der Waals surface area contributed by atoms with Gasteiger partial charge in [0.1, 0.15) is 0 Å². The van der Waals surface area contributed by atoms with Gasteiger partial charge in [-0.3, -0.25) is 4.79 Å². The number of nitrogen functional groups attached to an aromatic ring is 1. The molecular formula is C45H74ClN9O15S2. The fourth-order valence-electron chi connectivity index (χ4n) is 7.48. The van der Waals surface area contributed by atoms with Crippen molar-refractivity contribution in [3.63, 3.8) is 0 Å². The molecule has 0 aromatic heterocycles. The molecule has 3 aromatic rings. The molecule has 0 saturated carbocycles. The molecule has 2 aliphatic heterocycles. The highest BCUT2D eigenvalue weighted by Crippen LogP contribution is 2.37. The Bertz CT molecular complexity index is 2440. The van der Waals surface area contributed by atoms with Gasteiger partial charge in [-0.2, -0.15) is 16.8 Å². The third-order valence-corrected chi connectivity index (χ3v) is 12.5. The quantitative estimate of drug-likeness (QED) is 0.0800. The summed E-state index contributed by atoms with van der Waals surface area (Å²) in [7, 11) is 9.13. The summed E-state index contributed by atoms with van der Waals surface area (Å²) in [5, 5.41) is 30.9. The first-order chi connectivity index (χ1) is 33.3. The maximum atomic E-state index is 13.1. The second-order valence-electron chi connectivity index (χ2n) is 16.5. The van der Waals surface area contributed by atoms with Crippen LogP contribution in [0.4, 0.5) is 17.1 Å². The molecule has 0 spiro atoms. The minimum Gasteiger partial charge on any atom is -0.493 e. The summed E-state index contributed by atoms with van der Waals surface area (Å²) in [6.45, 7) is 4.11. The van der Waals surface area contributed by atoms with Crippen LogP contribution in [0.2, 0.25) is 0 Å². The highest BCUT2D eigenvalue weighted by atomic mass is 35.5. The van der Waals surface area contributed by atoms with Gasteiger partial charge in [-0.1, -0.05) is 0 Å². The van der Waals surface area contributed by atoms with Gasteiger partial charge < -0.3 is 64.4 Å². The van der Waals surface area contributed by atoms with Crippen molar-refractivity contribution >= 4 is 67.7 Å². The van der Waals surface area contributed by atoms with Crippen molar-refractivity contribution < 1.29 is 69.9 Å². The van der Waals surface area contributed by atoms with Crippen molar-refractivity contribution in [2.24, 2.45) is 22.1 Å². The summed E-state index contributed by atoms with van der Waals surface area (Å²) in [6, 6.07) is 9.37. The van der Waals surface area contributed by atoms with E-state index in [0.29, 0.717) is 90.2 Å². The highest BCUT2D eigenvalue weighted by molar-refractivity contribution is 7.87. The van der Waals surface area contributed by atoms with Crippen LogP contribution in [0.15, 0.2) is 36.4 Å². The molecule has 1 amide bonds. The third-order valence-electron chi connectivity index (χ3n) is 11.3. The molecule has 2 aliphatic rings. The minimum absolute atomic E-state index is 0. The molecule has 72 heavy (non-hydrogen) atoms. The Kier molecular flexibility index (Phi) is 27.7. The molecule has 0 aliphatic carbocycles. The molecule has 0 radical (unpaired) electrons. The number of halogens is 1. The van der Waals surface area contributed by atoms with E-state index >= 15 is 0 Å². The number of piperidine rings is 2. The van der Waals surface area contributed by atoms with E-state index in [1.807, 2.05) is 23.9 Å². The Labute approximate surface area is 429 Å². The molecule has 2 fully saturated rings. The number of amides is 1. The molecule has 2 heterocycles. The Morgan fingerprint density at radius 1 is 0.597 bits per heavy atom. The molecule has 2 saturated heterocycles. The van der Waals surface area contributed by atoms with Gasteiger partial charge in [-0.05, 0) is 69.5 Å². The van der Waals surface area contributed by atoms with E-state index < -0.39 is 32.4 Å². The standard InChI is InChI=1S/C18H30N4O5S.C11H15NO4.C9H11NO4.C7H17N3O2S.ClH/c1-21(2)15-12-17(27-4)16(26-3)11-14(15)18(23)22-9-6-13(7-10-22)5-8-20-28(19,24)25;1-12(2)8-6-10(16-4)9(15-3)5-7(8)11(13)14;1-13-7-3-5(9(11)12)6(10)4-8(7)14-2;8-13(11,12)10-6-3-7-1-4-9-5-2-7;/h11-13,20H,5-10H2,1-4H3,(H2,19,24,25);5-6H,1-4H3,(H,13,14);3-4H,10H2,1-2H3,(H,11,12);7,9-10H,1-6H2,(H2,8,11,12);1H. The zero-order valence-electron chi connectivity index (χ0n) is 42.6. The maximum absolute atomic E-state index is 13.1. The van der Waals surface area contributed by atoms with E-state index in [1.54, 1.807) is 51.4 Å². The van der Waals surface area contributed by atoms with Crippen molar-refractivity contribution in [1.29, 1.82) is 0 Å². The van der Waals surface area contributed by atoms with E-state index in [0.717, 1.165) is 50.9 Å². The van der Waals surface area contributed by atoms with Crippen LogP contribution in [0.1, 0.15) is 69.6 Å². The van der Waals surface area contributed by atoms with Crippen LogP contribution in [-0.4, -0.2) is 160 Å². The number of hydrogen-bond acceptors (Lipinski definition) is 17. The monoisotopic (exact) mass is 1080 g/mol. The van der Waals surface area contributed by atoms with Crippen LogP contribution in [0.25, 0.3) is 0 Å². The van der Waals surface area contributed by atoms with Gasteiger partial charge in [-0.25, -0.2) is 29.3 Å². The Hall–Kier alpha value is -5.74. The van der Waals surface area contributed by atoms with Crippen molar-refractivity contribution in [2.75, 3.05) is 126 Å². The Morgan fingerprint density at radius 2 is 0.931 bits per heavy atom. The zero-order chi connectivity index (χ0) is 53.6. The van der Waals surface area contributed by atoms with Crippen molar-refractivity contribution in [1.82, 2.24) is 19.7 Å². The van der Waals surface area contributed by atoms with E-state index in [2.05, 4.69) is 14.8 Å². The van der Waals surface area contributed by atoms with E-state index in [9.17, 15) is 31.2 Å². The van der Waals surface area contributed by atoms with Gasteiger partial charge in [0, 0.05) is 84.7 Å². The summed E-state index contributed by atoms with van der Waals surface area (Å²) in [4.78, 5) is 40.3. The van der Waals surface area contributed by atoms with E-state index in [1.165, 1.54) is 46.6 Å². The number of carbonyl (C=O) groups is 3. The van der Waals surface area contributed by atoms with Gasteiger partial charge in [0.25, 0.3) is 26.3 Å². The fourth-order valence-corrected chi connectivity index (χ4v) is 8.28. The topological polar surface area (TPSA) is 339 Å². The Balaban J connectivity index is 0.000000506. The molecule has 0 bridgehead atoms. The van der Waals surface area contributed by atoms with Crippen LogP contribution < -0.4 is 69.0 Å². The van der Waals surface area contributed by atoms with Crippen LogP contribution in [0.3, 0.4) is 0 Å². The third kappa shape index (κ3) is 21.2. The lowest BCUT2D eigenvalue weighted by Crippen LogP contribution is -2.40. The zero-order valence-corrected chi connectivity index (χ0v) is 45.1. The normalized spacial score (nSPS) is 13.7. The smallest absolute Gasteiger partial charge is 0.337 e. The predicted octanol–water partition coefficient (Wildman–Crippen LogP) is 2.85. The maximum Gasteiger partial charge on any atom is 0.337 e. The number of carbonyl (C=O) groups excluding carboxylic acids is 1. The number of nitrogens with two attached hydrogens (primary N) is 3. The summed E-state index contributed by atoms with van der Waals surface area (Å²) < 4.78 is 78.3. The average molecular weight is 1080 g/mol. The number of carboxylic acids is 2. The summed E-state index contributed by atoms with van der Waals surface area (Å²) in [5.41, 5.74) is 7.75. The van der Waals surface area contributed by atoms with E-state index in [4.69, 9.17) is 54.6 Å². The summed E-state index contributed by atoms with van der Waals surface area (Å²) in [5.74, 6) is 1.62. The first-order valence-electron chi connectivity index (χ1n) is 22.2. The van der Waals surface area contributed by atoms with Gasteiger partial charge >= 0.3 is 11.9 Å². The number of anilines is 3. The van der Waals surface area contributed by atoms with Crippen LogP contribution in [-0.2, 0) is 20.4 Å². The molecule has 27 heteroatoms. The number of rotatable bonds is 19. The lowest BCUT2D eigenvalue weighted by Gasteiger charge is -2.33. The number of hydrogen-bond donors (Lipinski definition) is 8. The molecule has 11 N–H and O–H groups in total. The van der Waals surface area contributed by atoms with Crippen molar-refractivity contribution in [3.05, 3.63) is 53.1 Å². The lowest BCUT2D eigenvalue weighted by atomic mass is 9.93. The average Bonchev–Trinajstić information content (AvgIpc) is 3.32. The van der Waals surface area contributed by atoms with Gasteiger partial charge in [0.05, 0.1) is 76.4 Å². The molecule has 0 atom stereocenters. The second kappa shape index (κ2) is 31.0. The van der Waals surface area contributed by atoms with Gasteiger partial charge in [0.2, 0.25) is 0 Å². The molecular weight excluding hydrogens is 1010 g/mol. The fraction of sp³-hybridized carbons (Fsp3) is 0.533. The molecule has 5 rings (SSSR count). The number of benzene rings is 3. The number of likely N-dealkylation sites (tertiary alicyclic amines) is 1. The van der Waals surface area contributed by atoms with Crippen LogP contribution in [0.5, 0.6) is 34.5 Å². The number of carboxylic acid groups (broad SMARTS) is 2. The molecule has 24 nitrogen and oxygen atoms in total. The molecule has 408 valence electrons. The first kappa shape index (κ1) is 64.3. The first-order valence-corrected chi connectivity index (χ1v) is 25.3. The largest absolute Gasteiger partial charge is 0.493 e. The van der Waals surface area contributed by atoms with E-state index in [-0.39, 0.29) is 35.1 Å². The highest BCUT2D eigenvalue weighted by Gasteiger charge is 2.27. The van der Waals surface area contributed by atoms with Crippen LogP contribution >= 0.6 is 12.4 Å². The Morgan fingerprint density at radius 3 is 1.29 bits per heavy atom. The number of nitrogens with one attached hydrogen (secondary N) is 3. The minimum atomic E-state index is -3.65. The van der Waals surface area contributed by atoms with Crippen molar-refractivity contribution in [3.8, 4) is 34.5 Å².